The summed E-state index contributed by atoms with van der Waals surface area (Å²) in [5, 5.41) is 9.99. The smallest absolute Gasteiger partial charge is 0.321 e. The summed E-state index contributed by atoms with van der Waals surface area (Å²) < 4.78 is 1.85. The maximum atomic E-state index is 11.8. The zero-order valence-corrected chi connectivity index (χ0v) is 14.9. The monoisotopic (exact) mass is 359 g/mol. The number of urea groups is 1. The second-order valence-electron chi connectivity index (χ2n) is 5.87. The Morgan fingerprint density at radius 3 is 2.72 bits per heavy atom. The minimum atomic E-state index is -0.464. The van der Waals surface area contributed by atoms with Crippen molar-refractivity contribution in [2.24, 2.45) is 0 Å². The maximum Gasteiger partial charge on any atom is 0.321 e. The van der Waals surface area contributed by atoms with Gasteiger partial charge in [-0.1, -0.05) is 36.9 Å². The van der Waals surface area contributed by atoms with Gasteiger partial charge in [0.1, 0.15) is 5.82 Å². The van der Waals surface area contributed by atoms with Gasteiger partial charge in [0, 0.05) is 12.5 Å². The lowest BCUT2D eigenvalue weighted by atomic mass is 10.3. The van der Waals surface area contributed by atoms with Crippen LogP contribution in [0.2, 0.25) is 0 Å². The number of aromatic nitrogens is 3. The van der Waals surface area contributed by atoms with Crippen molar-refractivity contribution in [2.45, 2.75) is 37.3 Å². The fourth-order valence-corrected chi connectivity index (χ4v) is 2.94. The van der Waals surface area contributed by atoms with E-state index in [9.17, 15) is 9.59 Å². The third kappa shape index (κ3) is 4.82. The Bertz CT molecular complexity index is 743. The van der Waals surface area contributed by atoms with E-state index in [1.54, 1.807) is 0 Å². The average molecular weight is 359 g/mol. The second kappa shape index (κ2) is 8.15. The number of nitrogens with one attached hydrogen (secondary N) is 2. The van der Waals surface area contributed by atoms with Gasteiger partial charge in [0.15, 0.2) is 0 Å². The fraction of sp³-hybridized carbons (Fsp3) is 0.412. The van der Waals surface area contributed by atoms with Crippen LogP contribution < -0.4 is 10.6 Å². The van der Waals surface area contributed by atoms with Gasteiger partial charge in [0.05, 0.1) is 11.4 Å². The molecule has 1 saturated carbocycles. The molecule has 1 heterocycles. The number of thioether (sulfide) groups is 1. The Balaban J connectivity index is 1.62. The van der Waals surface area contributed by atoms with Crippen LogP contribution in [0.3, 0.4) is 0 Å². The SMILES string of the molecule is CCCNC(=O)NC(=O)CSc1nc(C2CC2)n(-c2ccccc2)n1. The van der Waals surface area contributed by atoms with Gasteiger partial charge in [-0.2, -0.15) is 0 Å². The van der Waals surface area contributed by atoms with Crippen LogP contribution in [0.4, 0.5) is 4.79 Å². The molecule has 3 rings (SSSR count). The number of hydrogen-bond donors (Lipinski definition) is 2. The first-order valence-corrected chi connectivity index (χ1v) is 9.38. The molecule has 0 unspecified atom stereocenters. The van der Waals surface area contributed by atoms with Crippen molar-refractivity contribution >= 4 is 23.7 Å². The predicted molar refractivity (Wildman–Crippen MR) is 95.9 cm³/mol. The molecule has 0 aliphatic heterocycles. The summed E-state index contributed by atoms with van der Waals surface area (Å²) in [4.78, 5) is 27.9. The predicted octanol–water partition coefficient (Wildman–Crippen LogP) is 2.47. The van der Waals surface area contributed by atoms with Gasteiger partial charge in [-0.25, -0.2) is 14.5 Å². The third-order valence-electron chi connectivity index (χ3n) is 3.68. The summed E-state index contributed by atoms with van der Waals surface area (Å²) in [5.74, 6) is 1.12. The van der Waals surface area contributed by atoms with Gasteiger partial charge >= 0.3 is 6.03 Å². The maximum absolute atomic E-state index is 11.8. The second-order valence-corrected chi connectivity index (χ2v) is 6.81. The summed E-state index contributed by atoms with van der Waals surface area (Å²) in [7, 11) is 0. The zero-order valence-electron chi connectivity index (χ0n) is 14.1. The van der Waals surface area contributed by atoms with Crippen molar-refractivity contribution in [2.75, 3.05) is 12.3 Å². The molecule has 1 aliphatic rings. The topological polar surface area (TPSA) is 88.9 Å². The number of para-hydroxylation sites is 1. The molecule has 8 heteroatoms. The molecule has 0 radical (unpaired) electrons. The lowest BCUT2D eigenvalue weighted by Gasteiger charge is -2.04. The Hall–Kier alpha value is -2.35. The molecule has 0 saturated heterocycles. The van der Waals surface area contributed by atoms with Crippen molar-refractivity contribution in [1.29, 1.82) is 0 Å². The van der Waals surface area contributed by atoms with E-state index in [1.165, 1.54) is 11.8 Å². The summed E-state index contributed by atoms with van der Waals surface area (Å²) in [6, 6.07) is 9.39. The zero-order chi connectivity index (χ0) is 17.6. The number of nitrogens with zero attached hydrogens (tertiary/aromatic N) is 3. The Morgan fingerprint density at radius 2 is 2.04 bits per heavy atom. The lowest BCUT2D eigenvalue weighted by Crippen LogP contribution is -2.40. The number of amides is 3. The van der Waals surface area contributed by atoms with Gasteiger partial charge < -0.3 is 5.32 Å². The minimum Gasteiger partial charge on any atom is -0.338 e. The van der Waals surface area contributed by atoms with Gasteiger partial charge in [-0.05, 0) is 31.4 Å². The molecule has 2 aromatic rings. The largest absolute Gasteiger partial charge is 0.338 e. The summed E-state index contributed by atoms with van der Waals surface area (Å²) in [5.41, 5.74) is 0.965. The quantitative estimate of drug-likeness (QED) is 0.742. The first kappa shape index (κ1) is 17.5. The number of imide groups is 1. The highest BCUT2D eigenvalue weighted by Crippen LogP contribution is 2.40. The van der Waals surface area contributed by atoms with Crippen molar-refractivity contribution in [3.05, 3.63) is 36.2 Å². The Labute approximate surface area is 150 Å². The van der Waals surface area contributed by atoms with Crippen LogP contribution >= 0.6 is 11.8 Å². The first-order valence-electron chi connectivity index (χ1n) is 8.40. The Morgan fingerprint density at radius 1 is 1.28 bits per heavy atom. The molecular formula is C17H21N5O2S. The fourth-order valence-electron chi connectivity index (χ4n) is 2.31. The van der Waals surface area contributed by atoms with Crippen LogP contribution in [-0.4, -0.2) is 39.0 Å². The van der Waals surface area contributed by atoms with E-state index in [2.05, 4.69) is 20.7 Å². The number of hydrogen-bond acceptors (Lipinski definition) is 5. The highest BCUT2D eigenvalue weighted by atomic mass is 32.2. The van der Waals surface area contributed by atoms with E-state index in [0.717, 1.165) is 30.8 Å². The van der Waals surface area contributed by atoms with Crippen molar-refractivity contribution in [3.63, 3.8) is 0 Å². The third-order valence-corrected chi connectivity index (χ3v) is 4.51. The van der Waals surface area contributed by atoms with Crippen LogP contribution in [0.25, 0.3) is 5.69 Å². The van der Waals surface area contributed by atoms with Crippen molar-refractivity contribution in [1.82, 2.24) is 25.4 Å². The van der Waals surface area contributed by atoms with Gasteiger partial charge in [0.2, 0.25) is 11.1 Å². The molecule has 25 heavy (non-hydrogen) atoms. The molecule has 2 N–H and O–H groups in total. The van der Waals surface area contributed by atoms with Crippen LogP contribution in [0.15, 0.2) is 35.5 Å². The summed E-state index contributed by atoms with van der Waals surface area (Å²) >= 11 is 1.23. The van der Waals surface area contributed by atoms with E-state index in [-0.39, 0.29) is 11.7 Å². The minimum absolute atomic E-state index is 0.0997. The molecule has 0 bridgehead atoms. The van der Waals surface area contributed by atoms with Crippen molar-refractivity contribution < 1.29 is 9.59 Å². The molecule has 3 amide bonds. The highest BCUT2D eigenvalue weighted by molar-refractivity contribution is 7.99. The molecular weight excluding hydrogens is 338 g/mol. The van der Waals surface area contributed by atoms with Gasteiger partial charge in [-0.15, -0.1) is 5.10 Å². The normalized spacial score (nSPS) is 13.5. The molecule has 0 spiro atoms. The highest BCUT2D eigenvalue weighted by Gasteiger charge is 2.30. The molecule has 132 valence electrons. The molecule has 7 nitrogen and oxygen atoms in total. The van der Waals surface area contributed by atoms with Gasteiger partial charge in [-0.3, -0.25) is 10.1 Å². The molecule has 1 aromatic heterocycles. The number of rotatable bonds is 7. The molecule has 1 fully saturated rings. The van der Waals surface area contributed by atoms with E-state index in [1.807, 2.05) is 41.9 Å². The average Bonchev–Trinajstić information content (AvgIpc) is 3.38. The first-order chi connectivity index (χ1) is 12.2. The Kier molecular flexibility index (Phi) is 5.70. The van der Waals surface area contributed by atoms with Crippen LogP contribution in [0.1, 0.15) is 37.9 Å². The van der Waals surface area contributed by atoms with Crippen LogP contribution in [0, 0.1) is 0 Å². The van der Waals surface area contributed by atoms with Crippen LogP contribution in [-0.2, 0) is 4.79 Å². The van der Waals surface area contributed by atoms with Crippen LogP contribution in [0.5, 0.6) is 0 Å². The molecule has 1 aliphatic carbocycles. The van der Waals surface area contributed by atoms with Gasteiger partial charge in [0.25, 0.3) is 0 Å². The van der Waals surface area contributed by atoms with E-state index < -0.39 is 6.03 Å². The number of benzene rings is 1. The number of carbonyl (C=O) groups is 2. The molecule has 0 atom stereocenters. The van der Waals surface area contributed by atoms with E-state index >= 15 is 0 Å². The van der Waals surface area contributed by atoms with E-state index in [0.29, 0.717) is 17.6 Å². The van der Waals surface area contributed by atoms with E-state index in [4.69, 9.17) is 0 Å². The number of carbonyl (C=O) groups excluding carboxylic acids is 2. The van der Waals surface area contributed by atoms with Crippen molar-refractivity contribution in [3.8, 4) is 5.69 Å². The summed E-state index contributed by atoms with van der Waals surface area (Å²) in [6.45, 7) is 2.49. The molecule has 1 aromatic carbocycles. The standard InChI is InChI=1S/C17H21N5O2S/c1-2-10-18-16(24)19-14(23)11-25-17-20-15(12-8-9-12)22(21-17)13-6-4-3-5-7-13/h3-7,12H,2,8-11H2,1H3,(H2,18,19,23,24). The lowest BCUT2D eigenvalue weighted by molar-refractivity contribution is -0.117. The summed E-state index contributed by atoms with van der Waals surface area (Å²) in [6.07, 6.45) is 3.06.